The van der Waals surface area contributed by atoms with E-state index in [0.717, 1.165) is 5.69 Å². The van der Waals surface area contributed by atoms with Gasteiger partial charge in [0.25, 0.3) is 0 Å². The molecule has 5 rings (SSSR count). The average Bonchev–Trinajstić information content (AvgIpc) is 2.57. The van der Waals surface area contributed by atoms with Gasteiger partial charge in [-0.25, -0.2) is 0 Å². The van der Waals surface area contributed by atoms with E-state index >= 15 is 0 Å². The largest absolute Gasteiger partial charge is 0.368 e. The van der Waals surface area contributed by atoms with E-state index in [1.54, 1.807) is 0 Å². The van der Waals surface area contributed by atoms with Crippen molar-refractivity contribution >= 4 is 5.69 Å². The second kappa shape index (κ2) is 4.24. The maximum absolute atomic E-state index is 3.70. The van der Waals surface area contributed by atoms with Crippen LogP contribution in [-0.4, -0.2) is 0 Å². The summed E-state index contributed by atoms with van der Waals surface area (Å²) in [7, 11) is 0. The quantitative estimate of drug-likeness (QED) is 0.717. The third-order valence-electron chi connectivity index (χ3n) is 4.06. The van der Waals surface area contributed by atoms with Crippen molar-refractivity contribution in [2.75, 3.05) is 5.32 Å². The van der Waals surface area contributed by atoms with Gasteiger partial charge in [0.15, 0.2) is 0 Å². The van der Waals surface area contributed by atoms with Crippen LogP contribution < -0.4 is 5.32 Å². The van der Waals surface area contributed by atoms with Crippen LogP contribution in [0, 0.1) is 0 Å². The third-order valence-corrected chi connectivity index (χ3v) is 4.06. The summed E-state index contributed by atoms with van der Waals surface area (Å²) in [6.07, 6.45) is 0. The minimum absolute atomic E-state index is 0.263. The lowest BCUT2D eigenvalue weighted by atomic mass is 9.75. The highest BCUT2D eigenvalue weighted by molar-refractivity contribution is 5.65. The van der Waals surface area contributed by atoms with Crippen LogP contribution in [0.15, 0.2) is 84.9 Å². The van der Waals surface area contributed by atoms with E-state index in [1.807, 2.05) is 0 Å². The summed E-state index contributed by atoms with van der Waals surface area (Å²) in [4.78, 5) is 0. The van der Waals surface area contributed by atoms with Crippen molar-refractivity contribution in [1.82, 2.24) is 0 Å². The molecule has 0 radical (unpaired) electrons. The van der Waals surface area contributed by atoms with Gasteiger partial charge in [0, 0.05) is 5.69 Å². The van der Waals surface area contributed by atoms with Crippen molar-refractivity contribution in [2.24, 2.45) is 0 Å². The number of anilines is 1. The molecule has 0 atom stereocenters. The highest BCUT2D eigenvalue weighted by Gasteiger charge is 2.38. The lowest BCUT2D eigenvalue weighted by Gasteiger charge is -2.41. The molecule has 0 saturated carbocycles. The fraction of sp³-hybridized carbons (Fsp3) is 0.0526. The molecular weight excluding hydrogens is 242 g/mol. The van der Waals surface area contributed by atoms with E-state index in [-0.39, 0.29) is 5.54 Å². The summed E-state index contributed by atoms with van der Waals surface area (Å²) in [6.45, 7) is 0. The summed E-state index contributed by atoms with van der Waals surface area (Å²) in [6, 6.07) is 30.0. The Balaban J connectivity index is 2.02. The Morgan fingerprint density at radius 1 is 0.500 bits per heavy atom. The summed E-state index contributed by atoms with van der Waals surface area (Å²) >= 11 is 0. The van der Waals surface area contributed by atoms with Crippen LogP contribution in [0.2, 0.25) is 0 Å². The van der Waals surface area contributed by atoms with Crippen LogP contribution in [0.25, 0.3) is 0 Å². The Labute approximate surface area is 118 Å². The number of nitrogens with one attached hydrogen (secondary N) is 1. The Morgan fingerprint density at radius 3 is 1.35 bits per heavy atom. The first-order valence-electron chi connectivity index (χ1n) is 6.89. The number of rotatable bonds is 2. The minimum atomic E-state index is -0.263. The second-order valence-corrected chi connectivity index (χ2v) is 5.18. The van der Waals surface area contributed by atoms with Crippen molar-refractivity contribution < 1.29 is 0 Å². The van der Waals surface area contributed by atoms with Crippen molar-refractivity contribution in [3.63, 3.8) is 0 Å². The van der Waals surface area contributed by atoms with E-state index in [1.165, 1.54) is 16.7 Å². The molecule has 3 aromatic carbocycles. The molecule has 3 aromatic rings. The molecule has 20 heavy (non-hydrogen) atoms. The normalized spacial score (nSPS) is 14.8. The topological polar surface area (TPSA) is 12.0 Å². The Morgan fingerprint density at radius 2 is 0.950 bits per heavy atom. The lowest BCUT2D eigenvalue weighted by molar-refractivity contribution is 0.698. The van der Waals surface area contributed by atoms with Crippen molar-refractivity contribution in [1.29, 1.82) is 0 Å². The van der Waals surface area contributed by atoms with Gasteiger partial charge in [0.05, 0.1) is 0 Å². The summed E-state index contributed by atoms with van der Waals surface area (Å²) in [5.41, 5.74) is 4.72. The molecule has 0 amide bonds. The molecule has 0 unspecified atom stereocenters. The smallest absolute Gasteiger partial charge is 0.114 e. The van der Waals surface area contributed by atoms with Gasteiger partial charge in [-0.1, -0.05) is 72.8 Å². The van der Waals surface area contributed by atoms with E-state index in [4.69, 9.17) is 0 Å². The first kappa shape index (κ1) is 11.3. The highest BCUT2D eigenvalue weighted by atomic mass is 15.0. The lowest BCUT2D eigenvalue weighted by Crippen LogP contribution is -2.40. The second-order valence-electron chi connectivity index (χ2n) is 5.18. The molecule has 2 heterocycles. The van der Waals surface area contributed by atoms with Crippen molar-refractivity contribution in [2.45, 2.75) is 5.54 Å². The van der Waals surface area contributed by atoms with Crippen LogP contribution in [0.4, 0.5) is 5.69 Å². The third kappa shape index (κ3) is 1.50. The van der Waals surface area contributed by atoms with E-state index < -0.39 is 0 Å². The van der Waals surface area contributed by atoms with Gasteiger partial charge in [-0.2, -0.15) is 0 Å². The van der Waals surface area contributed by atoms with E-state index in [2.05, 4.69) is 90.2 Å². The summed E-state index contributed by atoms with van der Waals surface area (Å²) in [5.74, 6) is 0. The molecule has 2 aliphatic rings. The molecule has 0 aromatic heterocycles. The van der Waals surface area contributed by atoms with Gasteiger partial charge in [0.1, 0.15) is 5.54 Å². The highest BCUT2D eigenvalue weighted by Crippen LogP contribution is 2.43. The van der Waals surface area contributed by atoms with Crippen LogP contribution in [0.3, 0.4) is 0 Å². The van der Waals surface area contributed by atoms with Gasteiger partial charge in [-0.05, 0) is 28.8 Å². The predicted octanol–water partition coefficient (Wildman–Crippen LogP) is 4.40. The zero-order chi connectivity index (χ0) is 13.4. The maximum atomic E-state index is 3.70. The molecule has 0 fully saturated rings. The molecule has 96 valence electrons. The van der Waals surface area contributed by atoms with Crippen molar-refractivity contribution in [3.05, 3.63) is 102 Å². The molecular formula is C19H15N. The molecule has 0 aliphatic carbocycles. The number of benzene rings is 3. The summed E-state index contributed by atoms with van der Waals surface area (Å²) in [5, 5.41) is 3.70. The number of hydrogen-bond acceptors (Lipinski definition) is 1. The molecule has 2 aliphatic heterocycles. The average molecular weight is 257 g/mol. The number of hydrogen-bond donors (Lipinski definition) is 1. The fourth-order valence-electron chi connectivity index (χ4n) is 3.11. The molecule has 1 nitrogen and oxygen atoms in total. The standard InChI is InChI=1S/C19H15N/c1-3-7-15(8-4-1)19(16-9-5-2-6-10-16)17-11-13-18(20-19)14-12-17/h1-14,20H. The minimum Gasteiger partial charge on any atom is -0.368 e. The maximum Gasteiger partial charge on any atom is 0.114 e. The zero-order valence-corrected chi connectivity index (χ0v) is 11.1. The first-order valence-corrected chi connectivity index (χ1v) is 6.89. The van der Waals surface area contributed by atoms with Crippen LogP contribution >= 0.6 is 0 Å². The van der Waals surface area contributed by atoms with Crippen LogP contribution in [0.1, 0.15) is 16.7 Å². The molecule has 1 N–H and O–H groups in total. The van der Waals surface area contributed by atoms with E-state index in [0.29, 0.717) is 0 Å². The molecule has 0 saturated heterocycles. The first-order chi connectivity index (χ1) is 9.89. The fourth-order valence-corrected chi connectivity index (χ4v) is 3.11. The number of fused-ring (bicyclic) bond motifs is 3. The van der Waals surface area contributed by atoms with Gasteiger partial charge in [-0.3, -0.25) is 0 Å². The monoisotopic (exact) mass is 257 g/mol. The molecule has 2 bridgehead atoms. The van der Waals surface area contributed by atoms with Gasteiger partial charge >= 0.3 is 0 Å². The van der Waals surface area contributed by atoms with Crippen LogP contribution in [-0.2, 0) is 5.54 Å². The SMILES string of the molecule is c1ccc(C2(c3ccccc3)Nc3ccc2cc3)cc1. The van der Waals surface area contributed by atoms with Gasteiger partial charge in [-0.15, -0.1) is 0 Å². The van der Waals surface area contributed by atoms with Crippen molar-refractivity contribution in [3.8, 4) is 0 Å². The summed E-state index contributed by atoms with van der Waals surface area (Å²) < 4.78 is 0. The van der Waals surface area contributed by atoms with Crippen LogP contribution in [0.5, 0.6) is 0 Å². The Bertz CT molecular complexity index is 675. The Kier molecular flexibility index (Phi) is 2.40. The van der Waals surface area contributed by atoms with Gasteiger partial charge < -0.3 is 5.32 Å². The predicted molar refractivity (Wildman–Crippen MR) is 82.8 cm³/mol. The molecule has 0 spiro atoms. The van der Waals surface area contributed by atoms with Gasteiger partial charge in [0.2, 0.25) is 0 Å². The zero-order valence-electron chi connectivity index (χ0n) is 11.1. The van der Waals surface area contributed by atoms with E-state index in [9.17, 15) is 0 Å². The Hall–Kier alpha value is -2.54. The molecule has 1 heteroatoms.